The van der Waals surface area contributed by atoms with E-state index < -0.39 is 65.0 Å². The molecule has 0 unspecified atom stereocenters. The Morgan fingerprint density at radius 2 is 0.742 bits per heavy atom. The maximum atomic E-state index is 14.1. The highest BCUT2D eigenvalue weighted by Crippen LogP contribution is 2.76. The van der Waals surface area contributed by atoms with E-state index in [-0.39, 0.29) is 0 Å². The largest absolute Gasteiger partial charge is 0.433 e. The Morgan fingerprint density at radius 1 is 0.452 bits per heavy atom. The predicted octanol–water partition coefficient (Wildman–Crippen LogP) is 7.07. The van der Waals surface area contributed by atoms with Gasteiger partial charge in [0, 0.05) is 0 Å². The van der Waals surface area contributed by atoms with Gasteiger partial charge in [-0.1, -0.05) is 0 Å². The maximum Gasteiger partial charge on any atom is 0.433 e. The summed E-state index contributed by atoms with van der Waals surface area (Å²) in [5, 5.41) is 0. The van der Waals surface area contributed by atoms with Gasteiger partial charge in [0.05, 0.1) is 5.57 Å². The van der Waals surface area contributed by atoms with Gasteiger partial charge in [0.25, 0.3) is 0 Å². The molecule has 31 heavy (non-hydrogen) atoms. The topological polar surface area (TPSA) is 0 Å². The van der Waals surface area contributed by atoms with E-state index in [1.165, 1.54) is 0 Å². The third-order valence-corrected chi connectivity index (χ3v) is 4.12. The molecular weight excluding hydrogens is 512 g/mol. The van der Waals surface area contributed by atoms with E-state index in [0.717, 1.165) is 0 Å². The van der Waals surface area contributed by atoms with Crippen LogP contribution in [-0.4, -0.2) is 48.1 Å². The highest BCUT2D eigenvalue weighted by Gasteiger charge is 3.00. The van der Waals surface area contributed by atoms with Gasteiger partial charge in [-0.25, -0.2) is 8.78 Å². The summed E-state index contributed by atoms with van der Waals surface area (Å²) in [4.78, 5) is 0. The van der Waals surface area contributed by atoms with Crippen LogP contribution < -0.4 is 0 Å². The lowest BCUT2D eigenvalue weighted by Gasteiger charge is -2.49. The van der Waals surface area contributed by atoms with Crippen LogP contribution in [0.1, 0.15) is 0 Å². The van der Waals surface area contributed by atoms with Gasteiger partial charge in [0.2, 0.25) is 5.41 Å². The van der Waals surface area contributed by atoms with Crippen LogP contribution in [0, 0.1) is 5.41 Å². The third-order valence-electron chi connectivity index (χ3n) is 4.12. The summed E-state index contributed by atoms with van der Waals surface area (Å²) in [7, 11) is 0. The Labute approximate surface area is 154 Å². The number of rotatable bonds is 2. The smallest absolute Gasteiger partial charge is 0.222 e. The van der Waals surface area contributed by atoms with Crippen molar-refractivity contribution in [2.24, 2.45) is 5.41 Å². The summed E-state index contributed by atoms with van der Waals surface area (Å²) < 4.78 is 262. The minimum Gasteiger partial charge on any atom is -0.222 e. The standard InChI is InChI=1S/C11F20/c12-2-1(4(13,14)7(18,19)5(2,15)16)3(8(20,21)22,9(23,24)25)6(17,10(26,27)28)11(29,30)31. The average molecular weight is 512 g/mol. The molecule has 0 radical (unpaired) electrons. The first-order chi connectivity index (χ1) is 13.0. The summed E-state index contributed by atoms with van der Waals surface area (Å²) in [6, 6.07) is 0. The highest BCUT2D eigenvalue weighted by molar-refractivity contribution is 5.47. The Morgan fingerprint density at radius 3 is 0.903 bits per heavy atom. The van der Waals surface area contributed by atoms with Crippen molar-refractivity contribution in [3.05, 3.63) is 11.4 Å². The molecule has 0 heterocycles. The van der Waals surface area contributed by atoms with E-state index in [4.69, 9.17) is 0 Å². The molecule has 0 saturated carbocycles. The van der Waals surface area contributed by atoms with Crippen LogP contribution in [-0.2, 0) is 0 Å². The fraction of sp³-hybridized carbons (Fsp3) is 0.818. The first-order valence-electron chi connectivity index (χ1n) is 6.53. The summed E-state index contributed by atoms with van der Waals surface area (Å²) in [5.41, 5.74) is -24.0. The quantitative estimate of drug-likeness (QED) is 0.348. The molecule has 0 amide bonds. The van der Waals surface area contributed by atoms with E-state index in [0.29, 0.717) is 0 Å². The summed E-state index contributed by atoms with van der Waals surface area (Å²) in [5.74, 6) is -28.7. The van der Waals surface area contributed by atoms with Crippen LogP contribution in [0.4, 0.5) is 87.8 Å². The fourth-order valence-electron chi connectivity index (χ4n) is 2.78. The molecule has 0 fully saturated rings. The minimum atomic E-state index is -9.10. The normalized spacial score (nSPS) is 22.8. The molecular formula is C11F20. The summed E-state index contributed by atoms with van der Waals surface area (Å²) >= 11 is 0. The average Bonchev–Trinajstić information content (AvgIpc) is 2.52. The monoisotopic (exact) mass is 512 g/mol. The van der Waals surface area contributed by atoms with Crippen LogP contribution in [0.3, 0.4) is 0 Å². The lowest BCUT2D eigenvalue weighted by Crippen LogP contribution is -2.75. The molecule has 0 aliphatic heterocycles. The molecule has 0 aromatic rings. The van der Waals surface area contributed by atoms with Crippen molar-refractivity contribution < 1.29 is 87.8 Å². The van der Waals surface area contributed by atoms with Crippen molar-refractivity contribution in [2.45, 2.75) is 48.1 Å². The van der Waals surface area contributed by atoms with E-state index in [2.05, 4.69) is 0 Å². The van der Waals surface area contributed by atoms with Crippen LogP contribution in [0.15, 0.2) is 11.4 Å². The lowest BCUT2D eigenvalue weighted by molar-refractivity contribution is -0.460. The first-order valence-corrected chi connectivity index (χ1v) is 6.53. The SMILES string of the molecule is FC1=C(C(C(F)(F)F)(C(F)(F)F)C(F)(C(F)(F)F)C(F)(F)F)C(F)(F)C(F)(F)C1(F)F. The van der Waals surface area contributed by atoms with Crippen molar-refractivity contribution >= 4 is 0 Å². The van der Waals surface area contributed by atoms with Crippen molar-refractivity contribution in [1.82, 2.24) is 0 Å². The second kappa shape index (κ2) is 6.22. The number of halogens is 20. The van der Waals surface area contributed by atoms with Gasteiger partial charge in [-0.2, -0.15) is 79.0 Å². The van der Waals surface area contributed by atoms with Crippen LogP contribution in [0.25, 0.3) is 0 Å². The number of hydrogen-bond acceptors (Lipinski definition) is 0. The molecule has 0 nitrogen and oxygen atoms in total. The summed E-state index contributed by atoms with van der Waals surface area (Å²) in [6.45, 7) is 0. The molecule has 20 heteroatoms. The molecule has 184 valence electrons. The van der Waals surface area contributed by atoms with E-state index in [1.807, 2.05) is 0 Å². The molecule has 1 rings (SSSR count). The zero-order chi connectivity index (χ0) is 25.7. The summed E-state index contributed by atoms with van der Waals surface area (Å²) in [6.07, 6.45) is -34.7. The van der Waals surface area contributed by atoms with Crippen molar-refractivity contribution in [1.29, 1.82) is 0 Å². The Hall–Kier alpha value is -1.66. The zero-order valence-electron chi connectivity index (χ0n) is 13.1. The molecule has 1 aliphatic carbocycles. The Bertz CT molecular complexity index is 722. The Balaban J connectivity index is 4.63. The molecule has 0 spiro atoms. The van der Waals surface area contributed by atoms with Crippen molar-refractivity contribution in [3.63, 3.8) is 0 Å². The zero-order valence-corrected chi connectivity index (χ0v) is 13.1. The van der Waals surface area contributed by atoms with Crippen molar-refractivity contribution in [2.75, 3.05) is 0 Å². The van der Waals surface area contributed by atoms with E-state index in [1.54, 1.807) is 0 Å². The molecule has 0 N–H and O–H groups in total. The number of allylic oxidation sites excluding steroid dienone is 2. The van der Waals surface area contributed by atoms with Crippen LogP contribution >= 0.6 is 0 Å². The molecule has 0 bridgehead atoms. The molecule has 0 atom stereocenters. The minimum absolute atomic E-state index is 5.38. The maximum absolute atomic E-state index is 14.1. The van der Waals surface area contributed by atoms with Gasteiger partial charge in [0.1, 0.15) is 0 Å². The van der Waals surface area contributed by atoms with Gasteiger partial charge in [-0.05, 0) is 0 Å². The second-order valence-electron chi connectivity index (χ2n) is 5.81. The molecule has 0 saturated heterocycles. The molecule has 0 aromatic carbocycles. The highest BCUT2D eigenvalue weighted by atomic mass is 19.4. The fourth-order valence-corrected chi connectivity index (χ4v) is 2.78. The predicted molar refractivity (Wildman–Crippen MR) is 53.5 cm³/mol. The van der Waals surface area contributed by atoms with Gasteiger partial charge < -0.3 is 0 Å². The van der Waals surface area contributed by atoms with E-state index in [9.17, 15) is 87.8 Å². The van der Waals surface area contributed by atoms with E-state index >= 15 is 0 Å². The second-order valence-corrected chi connectivity index (χ2v) is 5.81. The third kappa shape index (κ3) is 2.83. The van der Waals surface area contributed by atoms with Gasteiger partial charge >= 0.3 is 48.1 Å². The number of hydrogen-bond donors (Lipinski definition) is 0. The van der Waals surface area contributed by atoms with Crippen LogP contribution in [0.2, 0.25) is 0 Å². The molecule has 0 aromatic heterocycles. The van der Waals surface area contributed by atoms with Crippen molar-refractivity contribution in [3.8, 4) is 0 Å². The number of alkyl halides is 19. The Kier molecular flexibility index (Phi) is 5.50. The van der Waals surface area contributed by atoms with Gasteiger partial charge in [-0.15, -0.1) is 0 Å². The van der Waals surface area contributed by atoms with Gasteiger partial charge in [-0.3, -0.25) is 0 Å². The molecule has 1 aliphatic rings. The van der Waals surface area contributed by atoms with Gasteiger partial charge in [0.15, 0.2) is 5.83 Å². The van der Waals surface area contributed by atoms with Crippen LogP contribution in [0.5, 0.6) is 0 Å². The first kappa shape index (κ1) is 27.4. The lowest BCUT2D eigenvalue weighted by atomic mass is 9.63.